The predicted octanol–water partition coefficient (Wildman–Crippen LogP) is 4.53. The van der Waals surface area contributed by atoms with Crippen LogP contribution in [0.3, 0.4) is 0 Å². The van der Waals surface area contributed by atoms with Gasteiger partial charge in [-0.25, -0.2) is 5.06 Å². The fraction of sp³-hybridized carbons (Fsp3) is 0.679. The Bertz CT molecular complexity index is 992. The minimum absolute atomic E-state index is 0.0866. The quantitative estimate of drug-likeness (QED) is 0.246. The Morgan fingerprint density at radius 3 is 2.50 bits per heavy atom. The highest BCUT2D eigenvalue weighted by atomic mass is 35.5. The largest absolute Gasteiger partial charge is 0.344 e. The van der Waals surface area contributed by atoms with Crippen molar-refractivity contribution in [3.8, 4) is 0 Å². The molecule has 0 saturated carbocycles. The molecule has 0 unspecified atom stereocenters. The first-order valence-electron chi connectivity index (χ1n) is 13.6. The molecule has 0 aromatic heterocycles. The first-order valence-corrected chi connectivity index (χ1v) is 14.4. The lowest BCUT2D eigenvalue weighted by Gasteiger charge is -2.43. The number of fused-ring (bicyclic) bond motifs is 1. The molecule has 2 aliphatic heterocycles. The van der Waals surface area contributed by atoms with Gasteiger partial charge in [0.2, 0.25) is 18.2 Å². The molecular weight excluding hydrogens is 527 g/mol. The zero-order valence-electron chi connectivity index (χ0n) is 23.0. The molecule has 3 amide bonds. The summed E-state index contributed by atoms with van der Waals surface area (Å²) in [6.45, 7) is 10.7. The lowest BCUT2D eigenvalue weighted by molar-refractivity contribution is -0.155. The second-order valence-electron chi connectivity index (χ2n) is 11.7. The van der Waals surface area contributed by atoms with E-state index in [4.69, 9.17) is 23.2 Å². The highest BCUT2D eigenvalue weighted by Crippen LogP contribution is 2.32. The zero-order valence-corrected chi connectivity index (χ0v) is 24.5. The Balaban J connectivity index is 1.62. The Kier molecular flexibility index (Phi) is 10.9. The SMILES string of the molecule is CCCC[C@H](CN(O)C=O)C(=O)N[C@H](C(=O)N1CCC(N2CCc3cc(Cl)cc(Cl)c3C2)CC1)C(C)(C)C. The fourth-order valence-corrected chi connectivity index (χ4v) is 6.08. The number of amides is 3. The maximum Gasteiger partial charge on any atom is 0.245 e. The molecule has 10 heteroatoms. The van der Waals surface area contributed by atoms with Gasteiger partial charge in [0.05, 0.1) is 12.5 Å². The van der Waals surface area contributed by atoms with Gasteiger partial charge in [-0.1, -0.05) is 63.7 Å². The van der Waals surface area contributed by atoms with Crippen molar-refractivity contribution in [2.75, 3.05) is 26.2 Å². The van der Waals surface area contributed by atoms with E-state index in [0.29, 0.717) is 47.1 Å². The number of rotatable bonds is 10. The van der Waals surface area contributed by atoms with Crippen molar-refractivity contribution in [1.82, 2.24) is 20.2 Å². The Hall–Kier alpha value is -1.87. The van der Waals surface area contributed by atoms with E-state index in [9.17, 15) is 19.6 Å². The van der Waals surface area contributed by atoms with Crippen LogP contribution in [0, 0.1) is 11.3 Å². The number of likely N-dealkylation sites (tertiary alicyclic amines) is 1. The monoisotopic (exact) mass is 568 g/mol. The summed E-state index contributed by atoms with van der Waals surface area (Å²) < 4.78 is 0. The van der Waals surface area contributed by atoms with E-state index in [2.05, 4.69) is 10.2 Å². The van der Waals surface area contributed by atoms with Crippen molar-refractivity contribution < 1.29 is 19.6 Å². The van der Waals surface area contributed by atoms with Crippen molar-refractivity contribution in [2.45, 2.75) is 84.8 Å². The number of benzene rings is 1. The molecule has 0 spiro atoms. The summed E-state index contributed by atoms with van der Waals surface area (Å²) in [5, 5.41) is 14.5. The van der Waals surface area contributed by atoms with Gasteiger partial charge in [-0.15, -0.1) is 0 Å². The molecule has 1 aromatic rings. The van der Waals surface area contributed by atoms with Crippen LogP contribution in [0.1, 0.15) is 70.9 Å². The molecule has 0 radical (unpaired) electrons. The average Bonchev–Trinajstić information content (AvgIpc) is 2.88. The third-order valence-corrected chi connectivity index (χ3v) is 8.34. The van der Waals surface area contributed by atoms with E-state index < -0.39 is 17.4 Å². The number of hydrogen-bond acceptors (Lipinski definition) is 5. The lowest BCUT2D eigenvalue weighted by atomic mass is 9.84. The highest BCUT2D eigenvalue weighted by Gasteiger charge is 2.39. The van der Waals surface area contributed by atoms with Gasteiger partial charge in [-0.3, -0.25) is 24.5 Å². The summed E-state index contributed by atoms with van der Waals surface area (Å²) in [7, 11) is 0. The second-order valence-corrected chi connectivity index (χ2v) is 12.5. The van der Waals surface area contributed by atoms with Crippen LogP contribution in [0.5, 0.6) is 0 Å². The Morgan fingerprint density at radius 2 is 1.89 bits per heavy atom. The summed E-state index contributed by atoms with van der Waals surface area (Å²) >= 11 is 12.7. The molecule has 0 aliphatic carbocycles. The van der Waals surface area contributed by atoms with Crippen molar-refractivity contribution in [1.29, 1.82) is 0 Å². The second kappa shape index (κ2) is 13.5. The van der Waals surface area contributed by atoms with Crippen LogP contribution in [0.2, 0.25) is 10.0 Å². The van der Waals surface area contributed by atoms with Crippen molar-refractivity contribution in [3.63, 3.8) is 0 Å². The molecule has 2 aliphatic rings. The summed E-state index contributed by atoms with van der Waals surface area (Å²) in [5.41, 5.74) is 1.85. The van der Waals surface area contributed by atoms with E-state index in [1.54, 1.807) is 6.07 Å². The zero-order chi connectivity index (χ0) is 28.0. The predicted molar refractivity (Wildman–Crippen MR) is 149 cm³/mol. The molecule has 212 valence electrons. The maximum absolute atomic E-state index is 13.7. The number of carbonyl (C=O) groups excluding carboxylic acids is 3. The number of hydrogen-bond donors (Lipinski definition) is 2. The topological polar surface area (TPSA) is 93.2 Å². The van der Waals surface area contributed by atoms with E-state index >= 15 is 0 Å². The van der Waals surface area contributed by atoms with Crippen LogP contribution in [0.25, 0.3) is 0 Å². The number of nitrogens with one attached hydrogen (secondary N) is 1. The highest BCUT2D eigenvalue weighted by molar-refractivity contribution is 6.35. The molecule has 8 nitrogen and oxygen atoms in total. The normalized spacial score (nSPS) is 18.4. The van der Waals surface area contributed by atoms with Crippen LogP contribution >= 0.6 is 23.2 Å². The summed E-state index contributed by atoms with van der Waals surface area (Å²) in [6, 6.07) is 3.47. The molecule has 2 atom stereocenters. The smallest absolute Gasteiger partial charge is 0.245 e. The maximum atomic E-state index is 13.7. The average molecular weight is 570 g/mol. The van der Waals surface area contributed by atoms with Gasteiger partial charge in [0.25, 0.3) is 0 Å². The van der Waals surface area contributed by atoms with Gasteiger partial charge in [-0.2, -0.15) is 0 Å². The van der Waals surface area contributed by atoms with Crippen LogP contribution in [0.15, 0.2) is 12.1 Å². The molecule has 2 N–H and O–H groups in total. The Morgan fingerprint density at radius 1 is 1.21 bits per heavy atom. The van der Waals surface area contributed by atoms with Crippen LogP contribution in [-0.2, 0) is 27.3 Å². The van der Waals surface area contributed by atoms with Crippen LogP contribution < -0.4 is 5.32 Å². The van der Waals surface area contributed by atoms with Gasteiger partial charge in [0, 0.05) is 42.3 Å². The van der Waals surface area contributed by atoms with Gasteiger partial charge in [-0.05, 0) is 54.4 Å². The van der Waals surface area contributed by atoms with Crippen molar-refractivity contribution in [2.24, 2.45) is 11.3 Å². The molecule has 2 heterocycles. The molecule has 38 heavy (non-hydrogen) atoms. The summed E-state index contributed by atoms with van der Waals surface area (Å²) in [6.07, 6.45) is 5.11. The minimum atomic E-state index is -0.704. The van der Waals surface area contributed by atoms with Gasteiger partial charge < -0.3 is 10.2 Å². The summed E-state index contributed by atoms with van der Waals surface area (Å²) in [5.74, 6) is -0.986. The number of halogens is 2. The number of piperidine rings is 1. The van der Waals surface area contributed by atoms with Gasteiger partial charge >= 0.3 is 0 Å². The minimum Gasteiger partial charge on any atom is -0.344 e. The number of nitrogens with zero attached hydrogens (tertiary/aromatic N) is 3. The van der Waals surface area contributed by atoms with Gasteiger partial charge in [0.15, 0.2) is 0 Å². The molecule has 3 rings (SSSR count). The van der Waals surface area contributed by atoms with E-state index in [1.165, 1.54) is 5.56 Å². The van der Waals surface area contributed by atoms with E-state index in [-0.39, 0.29) is 18.4 Å². The molecule has 1 aromatic carbocycles. The molecule has 0 bridgehead atoms. The molecule has 1 fully saturated rings. The number of unbranched alkanes of at least 4 members (excludes halogenated alkanes) is 1. The van der Waals surface area contributed by atoms with E-state index in [1.807, 2.05) is 38.7 Å². The Labute approximate surface area is 236 Å². The number of carbonyl (C=O) groups is 3. The van der Waals surface area contributed by atoms with E-state index in [0.717, 1.165) is 50.8 Å². The molecule has 1 saturated heterocycles. The fourth-order valence-electron chi connectivity index (χ4n) is 5.48. The van der Waals surface area contributed by atoms with Gasteiger partial charge in [0.1, 0.15) is 6.04 Å². The number of hydroxylamine groups is 2. The first kappa shape index (κ1) is 30.7. The third-order valence-electron chi connectivity index (χ3n) is 7.78. The first-order chi connectivity index (χ1) is 17.9. The lowest BCUT2D eigenvalue weighted by Crippen LogP contribution is -2.58. The molecular formula is C28H42Cl2N4O4. The van der Waals surface area contributed by atoms with Crippen molar-refractivity contribution in [3.05, 3.63) is 33.3 Å². The summed E-state index contributed by atoms with van der Waals surface area (Å²) in [4.78, 5) is 42.1. The third kappa shape index (κ3) is 7.84. The van der Waals surface area contributed by atoms with Crippen molar-refractivity contribution >= 4 is 41.4 Å². The van der Waals surface area contributed by atoms with Crippen LogP contribution in [0.4, 0.5) is 0 Å². The van der Waals surface area contributed by atoms with Crippen LogP contribution in [-0.4, -0.2) is 76.6 Å². The standard InChI is InChI=1S/C28H42Cl2N4O4/c1-5-6-7-20(16-34(38)18-35)26(36)31-25(28(2,3)4)27(37)32-12-9-22(10-13-32)33-11-8-19-14-21(29)15-24(30)23(19)17-33/h14-15,18,20,22,25,38H,5-13,16-17H2,1-4H3,(H,31,36)/t20-,25-/m1/s1.